The Morgan fingerprint density at radius 3 is 3.16 bits per heavy atom. The van der Waals surface area contributed by atoms with Gasteiger partial charge in [-0.25, -0.2) is 4.98 Å². The summed E-state index contributed by atoms with van der Waals surface area (Å²) in [5.74, 6) is 1.49. The molecule has 1 atom stereocenters. The molecule has 1 aliphatic rings. The summed E-state index contributed by atoms with van der Waals surface area (Å²) in [6.45, 7) is 5.13. The van der Waals surface area contributed by atoms with Gasteiger partial charge in [0.15, 0.2) is 0 Å². The lowest BCUT2D eigenvalue weighted by atomic mass is 9.97. The lowest BCUT2D eigenvalue weighted by Crippen LogP contribution is -2.34. The van der Waals surface area contributed by atoms with Crippen LogP contribution in [0.15, 0.2) is 24.5 Å². The fourth-order valence-corrected chi connectivity index (χ4v) is 2.75. The van der Waals surface area contributed by atoms with Crippen molar-refractivity contribution in [1.82, 2.24) is 25.1 Å². The molecule has 2 aromatic heterocycles. The molecule has 1 N–H and O–H groups in total. The topological polar surface area (TPSA) is 57.7 Å². The maximum Gasteiger partial charge on any atom is 0.137 e. The van der Waals surface area contributed by atoms with Gasteiger partial charge in [-0.3, -0.25) is 15.0 Å². The van der Waals surface area contributed by atoms with Crippen LogP contribution < -0.4 is 0 Å². The molecule has 0 amide bonds. The van der Waals surface area contributed by atoms with Crippen molar-refractivity contribution in [3.63, 3.8) is 0 Å². The van der Waals surface area contributed by atoms with E-state index in [0.29, 0.717) is 5.92 Å². The minimum absolute atomic E-state index is 0.473. The second kappa shape index (κ2) is 5.48. The number of rotatable bonds is 3. The number of pyridine rings is 1. The van der Waals surface area contributed by atoms with E-state index in [9.17, 15) is 0 Å². The number of likely N-dealkylation sites (tertiary alicyclic amines) is 1. The minimum Gasteiger partial charge on any atom is -0.297 e. The van der Waals surface area contributed by atoms with E-state index in [4.69, 9.17) is 0 Å². The van der Waals surface area contributed by atoms with Gasteiger partial charge < -0.3 is 0 Å². The van der Waals surface area contributed by atoms with E-state index in [1.807, 2.05) is 13.0 Å². The van der Waals surface area contributed by atoms with E-state index in [2.05, 4.69) is 37.2 Å². The van der Waals surface area contributed by atoms with E-state index in [0.717, 1.165) is 36.8 Å². The molecule has 5 heteroatoms. The Labute approximate surface area is 113 Å². The number of aromatic nitrogens is 4. The van der Waals surface area contributed by atoms with Crippen molar-refractivity contribution in [2.45, 2.75) is 32.2 Å². The third-order valence-electron chi connectivity index (χ3n) is 3.66. The van der Waals surface area contributed by atoms with Crippen molar-refractivity contribution >= 4 is 0 Å². The van der Waals surface area contributed by atoms with Crippen molar-refractivity contribution in [3.05, 3.63) is 41.7 Å². The summed E-state index contributed by atoms with van der Waals surface area (Å²) in [6.07, 6.45) is 3.99. The predicted molar refractivity (Wildman–Crippen MR) is 72.6 cm³/mol. The van der Waals surface area contributed by atoms with E-state index in [1.54, 1.807) is 6.33 Å². The fraction of sp³-hybridized carbons (Fsp3) is 0.500. The van der Waals surface area contributed by atoms with Crippen LogP contribution in [0.25, 0.3) is 0 Å². The third kappa shape index (κ3) is 2.98. The van der Waals surface area contributed by atoms with Crippen molar-refractivity contribution in [3.8, 4) is 0 Å². The first-order valence-corrected chi connectivity index (χ1v) is 6.81. The van der Waals surface area contributed by atoms with Gasteiger partial charge in [-0.05, 0) is 38.4 Å². The Balaban J connectivity index is 1.65. The van der Waals surface area contributed by atoms with Gasteiger partial charge in [0.05, 0.1) is 5.69 Å². The fourth-order valence-electron chi connectivity index (χ4n) is 2.75. The van der Waals surface area contributed by atoms with Gasteiger partial charge in [-0.15, -0.1) is 0 Å². The Kier molecular flexibility index (Phi) is 3.55. The largest absolute Gasteiger partial charge is 0.297 e. The van der Waals surface area contributed by atoms with Gasteiger partial charge in [0.2, 0.25) is 0 Å². The number of hydrogen-bond acceptors (Lipinski definition) is 4. The molecule has 19 heavy (non-hydrogen) atoms. The standard InChI is InChI=1S/C14H19N5/c1-11-4-2-6-13(17-11)9-19-7-3-5-12(8-19)14-15-10-16-18-14/h2,4,6,10,12H,3,5,7-9H2,1H3,(H,15,16,18). The van der Waals surface area contributed by atoms with Crippen LogP contribution in [0.3, 0.4) is 0 Å². The molecule has 0 aliphatic carbocycles. The van der Waals surface area contributed by atoms with Crippen molar-refractivity contribution < 1.29 is 0 Å². The minimum atomic E-state index is 0.473. The molecule has 3 heterocycles. The Hall–Kier alpha value is -1.75. The molecular formula is C14H19N5. The number of piperidine rings is 1. The van der Waals surface area contributed by atoms with Gasteiger partial charge in [-0.1, -0.05) is 6.07 Å². The van der Waals surface area contributed by atoms with Gasteiger partial charge in [0, 0.05) is 24.7 Å². The van der Waals surface area contributed by atoms with Crippen LogP contribution in [0.1, 0.15) is 36.0 Å². The molecule has 0 saturated carbocycles. The normalized spacial score (nSPS) is 20.6. The summed E-state index contributed by atoms with van der Waals surface area (Å²) >= 11 is 0. The molecule has 1 fully saturated rings. The molecule has 0 spiro atoms. The Morgan fingerprint density at radius 2 is 2.37 bits per heavy atom. The molecule has 2 aromatic rings. The quantitative estimate of drug-likeness (QED) is 0.912. The summed E-state index contributed by atoms with van der Waals surface area (Å²) in [5, 5.41) is 6.95. The van der Waals surface area contributed by atoms with Crippen LogP contribution in [0, 0.1) is 6.92 Å². The van der Waals surface area contributed by atoms with Crippen LogP contribution in [-0.4, -0.2) is 38.2 Å². The molecule has 1 aliphatic heterocycles. The summed E-state index contributed by atoms with van der Waals surface area (Å²) < 4.78 is 0. The number of aryl methyl sites for hydroxylation is 1. The van der Waals surface area contributed by atoms with E-state index < -0.39 is 0 Å². The van der Waals surface area contributed by atoms with Crippen LogP contribution in [0.4, 0.5) is 0 Å². The van der Waals surface area contributed by atoms with Crippen LogP contribution in [-0.2, 0) is 6.54 Å². The molecule has 1 saturated heterocycles. The Morgan fingerprint density at radius 1 is 1.42 bits per heavy atom. The molecular weight excluding hydrogens is 238 g/mol. The van der Waals surface area contributed by atoms with Crippen LogP contribution in [0.2, 0.25) is 0 Å². The summed E-state index contributed by atoms with van der Waals surface area (Å²) in [4.78, 5) is 11.3. The zero-order valence-electron chi connectivity index (χ0n) is 11.2. The monoisotopic (exact) mass is 257 g/mol. The first-order chi connectivity index (χ1) is 9.31. The maximum atomic E-state index is 4.58. The lowest BCUT2D eigenvalue weighted by Gasteiger charge is -2.31. The average Bonchev–Trinajstić information content (AvgIpc) is 2.93. The van der Waals surface area contributed by atoms with Gasteiger partial charge >= 0.3 is 0 Å². The van der Waals surface area contributed by atoms with Gasteiger partial charge in [0.1, 0.15) is 12.2 Å². The molecule has 1 unspecified atom stereocenters. The third-order valence-corrected chi connectivity index (χ3v) is 3.66. The van der Waals surface area contributed by atoms with Crippen molar-refractivity contribution in [1.29, 1.82) is 0 Å². The SMILES string of the molecule is Cc1cccc(CN2CCCC(c3ncn[nH]3)C2)n1. The molecule has 5 nitrogen and oxygen atoms in total. The first-order valence-electron chi connectivity index (χ1n) is 6.81. The van der Waals surface area contributed by atoms with E-state index in [1.165, 1.54) is 12.8 Å². The van der Waals surface area contributed by atoms with E-state index >= 15 is 0 Å². The number of aromatic amines is 1. The number of nitrogens with one attached hydrogen (secondary N) is 1. The van der Waals surface area contributed by atoms with Gasteiger partial charge in [-0.2, -0.15) is 5.10 Å². The second-order valence-electron chi connectivity index (χ2n) is 5.22. The zero-order valence-corrected chi connectivity index (χ0v) is 11.2. The molecule has 0 radical (unpaired) electrons. The highest BCUT2D eigenvalue weighted by atomic mass is 15.2. The summed E-state index contributed by atoms with van der Waals surface area (Å²) in [6, 6.07) is 6.22. The lowest BCUT2D eigenvalue weighted by molar-refractivity contribution is 0.194. The molecule has 0 aromatic carbocycles. The number of nitrogens with zero attached hydrogens (tertiary/aromatic N) is 4. The smallest absolute Gasteiger partial charge is 0.137 e. The van der Waals surface area contributed by atoms with Crippen molar-refractivity contribution in [2.75, 3.05) is 13.1 Å². The van der Waals surface area contributed by atoms with Crippen LogP contribution >= 0.6 is 0 Å². The first kappa shape index (κ1) is 12.3. The summed E-state index contributed by atoms with van der Waals surface area (Å²) in [7, 11) is 0. The highest BCUT2D eigenvalue weighted by molar-refractivity contribution is 5.10. The maximum absolute atomic E-state index is 4.58. The molecule has 3 rings (SSSR count). The molecule has 100 valence electrons. The number of H-pyrrole nitrogens is 1. The number of hydrogen-bond donors (Lipinski definition) is 1. The zero-order chi connectivity index (χ0) is 13.1. The Bertz CT molecular complexity index is 522. The average molecular weight is 257 g/mol. The van der Waals surface area contributed by atoms with Gasteiger partial charge in [0.25, 0.3) is 0 Å². The second-order valence-corrected chi connectivity index (χ2v) is 5.22. The van der Waals surface area contributed by atoms with E-state index in [-0.39, 0.29) is 0 Å². The predicted octanol–water partition coefficient (Wildman–Crippen LogP) is 1.89. The molecule has 0 bridgehead atoms. The van der Waals surface area contributed by atoms with Crippen molar-refractivity contribution in [2.24, 2.45) is 0 Å². The van der Waals surface area contributed by atoms with Crippen LogP contribution in [0.5, 0.6) is 0 Å². The summed E-state index contributed by atoms with van der Waals surface area (Å²) in [5.41, 5.74) is 2.24. The highest BCUT2D eigenvalue weighted by Gasteiger charge is 2.23. The highest BCUT2D eigenvalue weighted by Crippen LogP contribution is 2.24.